The highest BCUT2D eigenvalue weighted by Crippen LogP contribution is 2.38. The van der Waals surface area contributed by atoms with Crippen LogP contribution in [0.2, 0.25) is 0 Å². The molecule has 0 radical (unpaired) electrons. The molecule has 6 nitrogen and oxygen atoms in total. The molecule has 0 aromatic heterocycles. The minimum atomic E-state index is -4.43. The van der Waals surface area contributed by atoms with Gasteiger partial charge in [0.2, 0.25) is 0 Å². The Kier molecular flexibility index (Phi) is 2.56. The van der Waals surface area contributed by atoms with Gasteiger partial charge in [-0.05, 0) is 6.07 Å². The summed E-state index contributed by atoms with van der Waals surface area (Å²) in [6, 6.07) is 7.07. The van der Waals surface area contributed by atoms with E-state index in [-0.39, 0.29) is 27.1 Å². The fraction of sp³-hybridized carbons (Fsp3) is 0. The van der Waals surface area contributed by atoms with Crippen molar-refractivity contribution in [3.8, 4) is 5.75 Å². The van der Waals surface area contributed by atoms with Crippen LogP contribution in [0.5, 0.6) is 5.75 Å². The van der Waals surface area contributed by atoms with Crippen molar-refractivity contribution in [3.63, 3.8) is 0 Å². The number of phenolic OH excluding ortho intramolecular Hbond substituents is 1. The van der Waals surface area contributed by atoms with Gasteiger partial charge < -0.3 is 5.11 Å². The molecule has 0 atom stereocenters. The smallest absolute Gasteiger partial charge is 0.295 e. The summed E-state index contributed by atoms with van der Waals surface area (Å²) in [5.74, 6) is -0.289. The molecule has 2 rings (SSSR count). The highest BCUT2D eigenvalue weighted by Gasteiger charge is 2.18. The standard InChI is InChI=1S/C10H8N2O4S/c11-12-8-5-9(17(14,15)16)6-3-1-2-4-7(6)10(8)13/h1-5,11,13H,(H,14,15,16). The number of fused-ring (bicyclic) bond motifs is 1. The van der Waals surface area contributed by atoms with Crippen LogP contribution >= 0.6 is 0 Å². The third kappa shape index (κ3) is 1.85. The molecule has 0 aliphatic heterocycles. The van der Waals surface area contributed by atoms with Crippen LogP contribution in [0.25, 0.3) is 10.8 Å². The summed E-state index contributed by atoms with van der Waals surface area (Å²) in [7, 11) is -4.43. The fourth-order valence-electron chi connectivity index (χ4n) is 1.61. The lowest BCUT2D eigenvalue weighted by molar-refractivity contribution is 0.479. The van der Waals surface area contributed by atoms with E-state index in [1.54, 1.807) is 12.1 Å². The highest BCUT2D eigenvalue weighted by molar-refractivity contribution is 7.86. The average Bonchev–Trinajstić information content (AvgIpc) is 2.28. The van der Waals surface area contributed by atoms with Crippen molar-refractivity contribution in [1.29, 1.82) is 5.53 Å². The number of nitrogens with one attached hydrogen (secondary N) is 1. The molecule has 0 unspecified atom stereocenters. The van der Waals surface area contributed by atoms with Crippen LogP contribution < -0.4 is 0 Å². The summed E-state index contributed by atoms with van der Waals surface area (Å²) < 4.78 is 31.5. The van der Waals surface area contributed by atoms with E-state index in [0.29, 0.717) is 0 Å². The predicted molar refractivity (Wildman–Crippen MR) is 60.2 cm³/mol. The SMILES string of the molecule is N=Nc1cc(S(=O)(=O)O)c2ccccc2c1O. The van der Waals surface area contributed by atoms with Crippen molar-refractivity contribution >= 4 is 26.6 Å². The Hall–Kier alpha value is -1.99. The van der Waals surface area contributed by atoms with Gasteiger partial charge in [-0.3, -0.25) is 4.55 Å². The first-order valence-corrected chi connectivity index (χ1v) is 5.99. The van der Waals surface area contributed by atoms with Crippen molar-refractivity contribution in [2.75, 3.05) is 0 Å². The van der Waals surface area contributed by atoms with Crippen LogP contribution in [0.4, 0.5) is 5.69 Å². The maximum absolute atomic E-state index is 11.2. The molecule has 17 heavy (non-hydrogen) atoms. The Balaban J connectivity index is 3.04. The molecular weight excluding hydrogens is 244 g/mol. The van der Waals surface area contributed by atoms with E-state index < -0.39 is 10.1 Å². The zero-order chi connectivity index (χ0) is 12.6. The maximum Gasteiger partial charge on any atom is 0.295 e. The van der Waals surface area contributed by atoms with E-state index in [9.17, 15) is 13.5 Å². The van der Waals surface area contributed by atoms with E-state index in [4.69, 9.17) is 10.1 Å². The fourth-order valence-corrected chi connectivity index (χ4v) is 2.33. The Morgan fingerprint density at radius 2 is 1.76 bits per heavy atom. The molecule has 7 heteroatoms. The van der Waals surface area contributed by atoms with Crippen molar-refractivity contribution in [1.82, 2.24) is 0 Å². The lowest BCUT2D eigenvalue weighted by atomic mass is 10.1. The Morgan fingerprint density at radius 3 is 2.29 bits per heavy atom. The molecule has 0 amide bonds. The average molecular weight is 252 g/mol. The van der Waals surface area contributed by atoms with Crippen molar-refractivity contribution in [3.05, 3.63) is 30.3 Å². The van der Waals surface area contributed by atoms with Gasteiger partial charge in [0.25, 0.3) is 10.1 Å². The van der Waals surface area contributed by atoms with E-state index in [1.807, 2.05) is 0 Å². The lowest BCUT2D eigenvalue weighted by Crippen LogP contribution is -1.99. The number of phenols is 1. The first-order valence-electron chi connectivity index (χ1n) is 4.55. The van der Waals surface area contributed by atoms with Gasteiger partial charge in [-0.2, -0.15) is 13.5 Å². The van der Waals surface area contributed by atoms with Gasteiger partial charge in [-0.15, -0.1) is 0 Å². The van der Waals surface area contributed by atoms with Crippen LogP contribution in [0.15, 0.2) is 40.3 Å². The summed E-state index contributed by atoms with van der Waals surface area (Å²) in [5.41, 5.74) is 6.64. The number of hydrogen-bond donors (Lipinski definition) is 3. The molecule has 0 saturated carbocycles. The molecule has 0 saturated heterocycles. The number of benzene rings is 2. The maximum atomic E-state index is 11.2. The Labute approximate surface area is 96.8 Å². The molecule has 2 aromatic rings. The quantitative estimate of drug-likeness (QED) is 0.563. The monoisotopic (exact) mass is 252 g/mol. The summed E-state index contributed by atoms with van der Waals surface area (Å²) in [4.78, 5) is -0.378. The molecule has 0 spiro atoms. The Morgan fingerprint density at radius 1 is 1.18 bits per heavy atom. The second kappa shape index (κ2) is 3.79. The van der Waals surface area contributed by atoms with Gasteiger partial charge in [0, 0.05) is 10.8 Å². The lowest BCUT2D eigenvalue weighted by Gasteiger charge is -2.07. The molecule has 0 heterocycles. The highest BCUT2D eigenvalue weighted by atomic mass is 32.2. The molecular formula is C10H8N2O4S. The van der Waals surface area contributed by atoms with Crippen LogP contribution in [-0.2, 0) is 10.1 Å². The molecule has 0 fully saturated rings. The summed E-state index contributed by atoms with van der Waals surface area (Å²) in [6.07, 6.45) is 0. The zero-order valence-corrected chi connectivity index (χ0v) is 9.27. The number of rotatable bonds is 2. The Bertz CT molecular complexity index is 710. The normalized spacial score (nSPS) is 11.6. The molecule has 0 bridgehead atoms. The van der Waals surface area contributed by atoms with Gasteiger partial charge in [-0.1, -0.05) is 24.3 Å². The van der Waals surface area contributed by atoms with Gasteiger partial charge >= 0.3 is 0 Å². The third-order valence-corrected chi connectivity index (χ3v) is 3.25. The second-order valence-corrected chi connectivity index (χ2v) is 4.76. The minimum absolute atomic E-state index is 0.180. The largest absolute Gasteiger partial charge is 0.505 e. The third-order valence-electron chi connectivity index (χ3n) is 2.36. The first-order chi connectivity index (χ1) is 7.95. The first kappa shape index (κ1) is 11.5. The van der Waals surface area contributed by atoms with E-state index in [0.717, 1.165) is 6.07 Å². The number of hydrogen-bond acceptors (Lipinski definition) is 5. The van der Waals surface area contributed by atoms with Crippen molar-refractivity contribution in [2.45, 2.75) is 4.90 Å². The zero-order valence-electron chi connectivity index (χ0n) is 8.45. The van der Waals surface area contributed by atoms with Crippen molar-refractivity contribution < 1.29 is 18.1 Å². The van der Waals surface area contributed by atoms with E-state index in [1.165, 1.54) is 12.1 Å². The van der Waals surface area contributed by atoms with Crippen LogP contribution in [0.1, 0.15) is 0 Å². The minimum Gasteiger partial charge on any atom is -0.505 e. The van der Waals surface area contributed by atoms with Crippen LogP contribution in [0, 0.1) is 5.53 Å². The summed E-state index contributed by atoms with van der Waals surface area (Å²) in [6.45, 7) is 0. The van der Waals surface area contributed by atoms with E-state index in [2.05, 4.69) is 5.11 Å². The predicted octanol–water partition coefficient (Wildman–Crippen LogP) is 2.45. The number of nitrogens with zero attached hydrogens (tertiary/aromatic N) is 1. The molecule has 0 aliphatic carbocycles. The second-order valence-electron chi connectivity index (χ2n) is 3.37. The van der Waals surface area contributed by atoms with Gasteiger partial charge in [0.05, 0.1) is 0 Å². The van der Waals surface area contributed by atoms with E-state index >= 15 is 0 Å². The summed E-state index contributed by atoms with van der Waals surface area (Å²) >= 11 is 0. The molecule has 88 valence electrons. The van der Waals surface area contributed by atoms with Gasteiger partial charge in [0.1, 0.15) is 10.6 Å². The summed E-state index contributed by atoms with van der Waals surface area (Å²) in [5, 5.41) is 13.2. The van der Waals surface area contributed by atoms with Crippen molar-refractivity contribution in [2.24, 2.45) is 5.11 Å². The van der Waals surface area contributed by atoms with Gasteiger partial charge in [-0.25, -0.2) is 5.53 Å². The van der Waals surface area contributed by atoms with Gasteiger partial charge in [0.15, 0.2) is 5.75 Å². The van der Waals surface area contributed by atoms with Crippen LogP contribution in [-0.4, -0.2) is 18.1 Å². The molecule has 0 aliphatic rings. The molecule has 3 N–H and O–H groups in total. The molecule has 2 aromatic carbocycles. The topological polar surface area (TPSA) is 111 Å². The number of aromatic hydroxyl groups is 1. The van der Waals surface area contributed by atoms with Crippen LogP contribution in [0.3, 0.4) is 0 Å².